The molecule has 31 heavy (non-hydrogen) atoms. The summed E-state index contributed by atoms with van der Waals surface area (Å²) in [7, 11) is 1.78. The van der Waals surface area contributed by atoms with E-state index >= 15 is 0 Å². The molecule has 2 atom stereocenters. The van der Waals surface area contributed by atoms with Gasteiger partial charge in [0.25, 0.3) is 0 Å². The summed E-state index contributed by atoms with van der Waals surface area (Å²) in [5.74, 6) is 1.77. The van der Waals surface area contributed by atoms with Crippen molar-refractivity contribution in [2.45, 2.75) is 32.4 Å². The maximum absolute atomic E-state index is 6.10. The molecular formula is C25H30N4O2. The number of benzene rings is 2. The number of aryl methyl sites for hydroxylation is 1. The number of oxazole rings is 1. The van der Waals surface area contributed by atoms with E-state index in [0.29, 0.717) is 18.4 Å². The highest BCUT2D eigenvalue weighted by atomic mass is 16.5. The zero-order valence-electron chi connectivity index (χ0n) is 18.2. The normalized spacial score (nSPS) is 19.2. The van der Waals surface area contributed by atoms with Crippen molar-refractivity contribution in [2.24, 2.45) is 10.9 Å². The second kappa shape index (κ2) is 10.3. The highest BCUT2D eigenvalue weighted by Gasteiger charge is 2.27. The first-order valence-electron chi connectivity index (χ1n) is 10.9. The van der Waals surface area contributed by atoms with Crippen molar-refractivity contribution >= 4 is 5.96 Å². The minimum Gasteiger partial charge on any atom is -0.444 e. The number of rotatable bonds is 6. The third-order valence-electron chi connectivity index (χ3n) is 5.62. The summed E-state index contributed by atoms with van der Waals surface area (Å²) >= 11 is 0. The van der Waals surface area contributed by atoms with Crippen LogP contribution in [0.5, 0.6) is 0 Å². The van der Waals surface area contributed by atoms with E-state index in [1.165, 1.54) is 11.1 Å². The molecule has 1 aromatic heterocycles. The quantitative estimate of drug-likeness (QED) is 0.456. The molecule has 0 spiro atoms. The second-order valence-corrected chi connectivity index (χ2v) is 7.92. The molecule has 1 aliphatic heterocycles. The first kappa shape index (κ1) is 21.1. The van der Waals surface area contributed by atoms with E-state index in [1.54, 1.807) is 13.3 Å². The van der Waals surface area contributed by atoms with Crippen LogP contribution in [-0.2, 0) is 11.3 Å². The Bertz CT molecular complexity index is 982. The molecule has 0 bridgehead atoms. The molecule has 2 aromatic carbocycles. The van der Waals surface area contributed by atoms with Crippen molar-refractivity contribution in [3.05, 3.63) is 77.7 Å². The minimum atomic E-state index is 0.119. The van der Waals surface area contributed by atoms with E-state index in [9.17, 15) is 0 Å². The highest BCUT2D eigenvalue weighted by Crippen LogP contribution is 2.33. The summed E-state index contributed by atoms with van der Waals surface area (Å²) in [6, 6.07) is 18.6. The van der Waals surface area contributed by atoms with Gasteiger partial charge in [-0.2, -0.15) is 0 Å². The number of hydrogen-bond donors (Lipinski definition) is 2. The molecule has 2 unspecified atom stereocenters. The summed E-state index contributed by atoms with van der Waals surface area (Å²) in [5, 5.41) is 6.78. The van der Waals surface area contributed by atoms with Crippen LogP contribution < -0.4 is 10.6 Å². The van der Waals surface area contributed by atoms with E-state index in [1.807, 2.05) is 18.2 Å². The Balaban J connectivity index is 1.31. The summed E-state index contributed by atoms with van der Waals surface area (Å²) in [6.07, 6.45) is 4.03. The molecule has 1 fully saturated rings. The Labute approximate surface area is 183 Å². The largest absolute Gasteiger partial charge is 0.444 e. The number of nitrogens with one attached hydrogen (secondary N) is 2. The molecule has 1 aliphatic rings. The molecule has 1 saturated heterocycles. The number of aromatic nitrogens is 1. The zero-order valence-corrected chi connectivity index (χ0v) is 18.2. The lowest BCUT2D eigenvalue weighted by molar-refractivity contribution is -0.0265. The van der Waals surface area contributed by atoms with Crippen LogP contribution in [-0.4, -0.2) is 31.1 Å². The molecule has 0 amide bonds. The maximum Gasteiger partial charge on any atom is 0.226 e. The summed E-state index contributed by atoms with van der Waals surface area (Å²) in [6.45, 7) is 4.22. The minimum absolute atomic E-state index is 0.119. The second-order valence-electron chi connectivity index (χ2n) is 7.92. The van der Waals surface area contributed by atoms with Gasteiger partial charge in [0, 0.05) is 31.7 Å². The molecule has 0 aliphatic carbocycles. The van der Waals surface area contributed by atoms with Gasteiger partial charge < -0.3 is 19.8 Å². The highest BCUT2D eigenvalue weighted by molar-refractivity contribution is 5.79. The van der Waals surface area contributed by atoms with Crippen LogP contribution in [0.4, 0.5) is 0 Å². The molecule has 2 heterocycles. The number of ether oxygens (including phenoxy) is 1. The molecule has 162 valence electrons. The lowest BCUT2D eigenvalue weighted by Gasteiger charge is -2.32. The Morgan fingerprint density at radius 3 is 2.68 bits per heavy atom. The van der Waals surface area contributed by atoms with Crippen LogP contribution in [0.3, 0.4) is 0 Å². The smallest absolute Gasteiger partial charge is 0.226 e. The van der Waals surface area contributed by atoms with Crippen molar-refractivity contribution in [1.29, 1.82) is 0 Å². The third-order valence-corrected chi connectivity index (χ3v) is 5.62. The predicted molar refractivity (Wildman–Crippen MR) is 123 cm³/mol. The predicted octanol–water partition coefficient (Wildman–Crippen LogP) is 4.48. The first-order chi connectivity index (χ1) is 15.2. The Hall–Kier alpha value is -3.12. The van der Waals surface area contributed by atoms with Gasteiger partial charge in [-0.3, -0.25) is 4.99 Å². The van der Waals surface area contributed by atoms with Crippen molar-refractivity contribution < 1.29 is 9.15 Å². The van der Waals surface area contributed by atoms with Gasteiger partial charge in [-0.05, 0) is 37.5 Å². The summed E-state index contributed by atoms with van der Waals surface area (Å²) < 4.78 is 11.7. The molecule has 0 saturated carbocycles. The fraction of sp³-hybridized carbons (Fsp3) is 0.360. The van der Waals surface area contributed by atoms with E-state index in [4.69, 9.17) is 9.15 Å². The van der Waals surface area contributed by atoms with Crippen molar-refractivity contribution in [3.63, 3.8) is 0 Å². The molecule has 0 radical (unpaired) electrons. The molecule has 6 nitrogen and oxygen atoms in total. The average molecular weight is 419 g/mol. The standard InChI is InChI=1S/C25H30N4O2/c1-18-10-12-20(13-11-18)24-29-22(17-31-24)16-28-25(26-2)27-15-21-9-6-14-30-23(21)19-7-4-3-5-8-19/h3-5,7-8,10-13,17,21,23H,6,9,14-16H2,1-2H3,(H2,26,27,28). The lowest BCUT2D eigenvalue weighted by atomic mass is 9.89. The SMILES string of the molecule is CN=C(NCc1coc(-c2ccc(C)cc2)n1)NCC1CCCOC1c1ccccc1. The molecule has 2 N–H and O–H groups in total. The van der Waals surface area contributed by atoms with E-state index in [-0.39, 0.29) is 6.10 Å². The summed E-state index contributed by atoms with van der Waals surface area (Å²) in [4.78, 5) is 8.94. The van der Waals surface area contributed by atoms with Gasteiger partial charge in [0.1, 0.15) is 6.26 Å². The molecule has 3 aromatic rings. The maximum atomic E-state index is 6.10. The topological polar surface area (TPSA) is 71.7 Å². The Morgan fingerprint density at radius 1 is 1.10 bits per heavy atom. The fourth-order valence-electron chi connectivity index (χ4n) is 3.90. The average Bonchev–Trinajstić information content (AvgIpc) is 3.29. The Morgan fingerprint density at radius 2 is 1.90 bits per heavy atom. The van der Waals surface area contributed by atoms with Crippen LogP contribution in [0.2, 0.25) is 0 Å². The fourth-order valence-corrected chi connectivity index (χ4v) is 3.90. The number of nitrogens with zero attached hydrogens (tertiary/aromatic N) is 2. The first-order valence-corrected chi connectivity index (χ1v) is 10.9. The molecule has 6 heteroatoms. The molecular weight excluding hydrogens is 388 g/mol. The van der Waals surface area contributed by atoms with Gasteiger partial charge in [0.05, 0.1) is 18.3 Å². The van der Waals surface area contributed by atoms with Crippen LogP contribution in [0.15, 0.2) is 70.3 Å². The number of guanidine groups is 1. The van der Waals surface area contributed by atoms with E-state index in [2.05, 4.69) is 63.9 Å². The summed E-state index contributed by atoms with van der Waals surface area (Å²) in [5.41, 5.74) is 4.26. The third kappa shape index (κ3) is 5.52. The van der Waals surface area contributed by atoms with E-state index in [0.717, 1.165) is 43.2 Å². The van der Waals surface area contributed by atoms with Crippen molar-refractivity contribution in [1.82, 2.24) is 15.6 Å². The van der Waals surface area contributed by atoms with Gasteiger partial charge in [-0.25, -0.2) is 4.98 Å². The van der Waals surface area contributed by atoms with Crippen molar-refractivity contribution in [3.8, 4) is 11.5 Å². The number of hydrogen-bond acceptors (Lipinski definition) is 4. The van der Waals surface area contributed by atoms with Crippen LogP contribution in [0, 0.1) is 12.8 Å². The van der Waals surface area contributed by atoms with Crippen LogP contribution in [0.1, 0.15) is 35.8 Å². The van der Waals surface area contributed by atoms with Crippen LogP contribution in [0.25, 0.3) is 11.5 Å². The van der Waals surface area contributed by atoms with Crippen LogP contribution >= 0.6 is 0 Å². The Kier molecular flexibility index (Phi) is 6.99. The lowest BCUT2D eigenvalue weighted by Crippen LogP contribution is -2.41. The van der Waals surface area contributed by atoms with E-state index < -0.39 is 0 Å². The van der Waals surface area contributed by atoms with Gasteiger partial charge in [0.15, 0.2) is 5.96 Å². The van der Waals surface area contributed by atoms with Gasteiger partial charge >= 0.3 is 0 Å². The number of aliphatic imine (C=N–C) groups is 1. The zero-order chi connectivity index (χ0) is 21.5. The van der Waals surface area contributed by atoms with Gasteiger partial charge in [-0.15, -0.1) is 0 Å². The van der Waals surface area contributed by atoms with Gasteiger partial charge in [-0.1, -0.05) is 48.0 Å². The monoisotopic (exact) mass is 418 g/mol. The molecule has 4 rings (SSSR count). The van der Waals surface area contributed by atoms with Crippen molar-refractivity contribution in [2.75, 3.05) is 20.2 Å². The van der Waals surface area contributed by atoms with Gasteiger partial charge in [0.2, 0.25) is 5.89 Å².